The van der Waals surface area contributed by atoms with Crippen LogP contribution in [-0.4, -0.2) is 28.9 Å². The molecule has 0 saturated carbocycles. The summed E-state index contributed by atoms with van der Waals surface area (Å²) >= 11 is 0. The molecule has 1 aliphatic heterocycles. The lowest BCUT2D eigenvalue weighted by Crippen LogP contribution is -2.25. The molecule has 0 aromatic heterocycles. The van der Waals surface area contributed by atoms with E-state index in [9.17, 15) is 20.0 Å². The van der Waals surface area contributed by atoms with Crippen LogP contribution in [0.15, 0.2) is 47.6 Å². The number of hydrazone groups is 1. The molecule has 0 saturated heterocycles. The molecule has 9 nitrogen and oxygen atoms in total. The minimum atomic E-state index is -1.40. The van der Waals surface area contributed by atoms with E-state index in [0.717, 1.165) is 6.21 Å². The third kappa shape index (κ3) is 3.56. The zero-order chi connectivity index (χ0) is 17.8. The number of benzene rings is 2. The number of nitro groups is 1. The normalized spacial score (nSPS) is 13.6. The van der Waals surface area contributed by atoms with Gasteiger partial charge in [0.2, 0.25) is 6.79 Å². The summed E-state index contributed by atoms with van der Waals surface area (Å²) in [6.07, 6.45) is -0.291. The number of ether oxygens (including phenoxy) is 2. The maximum Gasteiger partial charge on any atom is 0.282 e. The van der Waals surface area contributed by atoms with Gasteiger partial charge in [0.25, 0.3) is 11.6 Å². The van der Waals surface area contributed by atoms with E-state index in [0.29, 0.717) is 11.3 Å². The quantitative estimate of drug-likeness (QED) is 0.482. The Morgan fingerprint density at radius 2 is 1.96 bits per heavy atom. The van der Waals surface area contributed by atoms with Gasteiger partial charge >= 0.3 is 0 Å². The average molecular weight is 343 g/mol. The Bertz CT molecular complexity index is 837. The molecule has 0 fully saturated rings. The predicted molar refractivity (Wildman–Crippen MR) is 86.4 cm³/mol. The first kappa shape index (κ1) is 16.4. The van der Waals surface area contributed by atoms with E-state index in [2.05, 4.69) is 10.5 Å². The van der Waals surface area contributed by atoms with Gasteiger partial charge in [-0.15, -0.1) is 0 Å². The Hall–Kier alpha value is -3.46. The minimum Gasteiger partial charge on any atom is -0.454 e. The summed E-state index contributed by atoms with van der Waals surface area (Å²) in [5, 5.41) is 24.7. The van der Waals surface area contributed by atoms with Crippen molar-refractivity contribution in [2.45, 2.75) is 6.10 Å². The maximum atomic E-state index is 11.9. The molecular formula is C16H13N3O6. The summed E-state index contributed by atoms with van der Waals surface area (Å²) in [5.41, 5.74) is 2.44. The van der Waals surface area contributed by atoms with Crippen molar-refractivity contribution in [3.05, 3.63) is 63.7 Å². The highest BCUT2D eigenvalue weighted by Crippen LogP contribution is 2.37. The van der Waals surface area contributed by atoms with Crippen LogP contribution in [0.2, 0.25) is 0 Å². The van der Waals surface area contributed by atoms with Crippen LogP contribution in [0.1, 0.15) is 17.2 Å². The molecule has 1 aliphatic rings. The van der Waals surface area contributed by atoms with Crippen molar-refractivity contribution in [2.24, 2.45) is 5.10 Å². The SMILES string of the molecule is O=C(N/N=C\c1cc2c(cc1[N+](=O)[O-])OCO2)[C@H](O)c1ccccc1. The molecule has 0 radical (unpaired) electrons. The molecule has 2 N–H and O–H groups in total. The first-order valence-electron chi connectivity index (χ1n) is 7.20. The van der Waals surface area contributed by atoms with E-state index in [-0.39, 0.29) is 23.8 Å². The summed E-state index contributed by atoms with van der Waals surface area (Å²) in [5.74, 6) is -0.138. The van der Waals surface area contributed by atoms with E-state index in [1.54, 1.807) is 30.3 Å². The van der Waals surface area contributed by atoms with Crippen molar-refractivity contribution in [3.63, 3.8) is 0 Å². The Labute approximate surface area is 141 Å². The van der Waals surface area contributed by atoms with Gasteiger partial charge in [-0.3, -0.25) is 14.9 Å². The van der Waals surface area contributed by atoms with Crippen molar-refractivity contribution >= 4 is 17.8 Å². The number of nitrogens with one attached hydrogen (secondary N) is 1. The molecule has 1 heterocycles. The van der Waals surface area contributed by atoms with Crippen molar-refractivity contribution in [3.8, 4) is 11.5 Å². The number of aliphatic hydroxyl groups excluding tert-OH is 1. The lowest BCUT2D eigenvalue weighted by molar-refractivity contribution is -0.385. The van der Waals surface area contributed by atoms with E-state index >= 15 is 0 Å². The highest BCUT2D eigenvalue weighted by Gasteiger charge is 2.22. The van der Waals surface area contributed by atoms with Gasteiger partial charge in [-0.05, 0) is 11.6 Å². The Balaban J connectivity index is 1.74. The number of carbonyl (C=O) groups excluding carboxylic acids is 1. The molecule has 0 aliphatic carbocycles. The molecule has 9 heteroatoms. The van der Waals surface area contributed by atoms with Crippen molar-refractivity contribution < 1.29 is 24.3 Å². The predicted octanol–water partition coefficient (Wildman–Crippen LogP) is 1.51. The summed E-state index contributed by atoms with van der Waals surface area (Å²) < 4.78 is 10.3. The standard InChI is InChI=1S/C16H13N3O6/c20-15(10-4-2-1-3-5-10)16(21)18-17-8-11-6-13-14(25-9-24-13)7-12(11)19(22)23/h1-8,15,20H,9H2,(H,18,21)/b17-8-/t15-/m1/s1. The molecule has 0 spiro atoms. The summed E-state index contributed by atoms with van der Waals surface area (Å²) in [4.78, 5) is 22.4. The average Bonchev–Trinajstić information content (AvgIpc) is 3.08. The lowest BCUT2D eigenvalue weighted by Gasteiger charge is -2.08. The zero-order valence-corrected chi connectivity index (χ0v) is 12.8. The summed E-state index contributed by atoms with van der Waals surface area (Å²) in [7, 11) is 0. The highest BCUT2D eigenvalue weighted by atomic mass is 16.7. The van der Waals surface area contributed by atoms with Gasteiger partial charge in [0.1, 0.15) is 0 Å². The minimum absolute atomic E-state index is 0.0207. The molecule has 128 valence electrons. The van der Waals surface area contributed by atoms with Crippen LogP contribution in [0.3, 0.4) is 0 Å². The van der Waals surface area contributed by atoms with Gasteiger partial charge in [0, 0.05) is 0 Å². The largest absolute Gasteiger partial charge is 0.454 e. The highest BCUT2D eigenvalue weighted by molar-refractivity contribution is 5.89. The topological polar surface area (TPSA) is 123 Å². The Morgan fingerprint density at radius 1 is 1.28 bits per heavy atom. The van der Waals surface area contributed by atoms with Gasteiger partial charge in [0.05, 0.1) is 22.8 Å². The van der Waals surface area contributed by atoms with E-state index in [1.807, 2.05) is 0 Å². The van der Waals surface area contributed by atoms with E-state index in [4.69, 9.17) is 9.47 Å². The van der Waals surface area contributed by atoms with Gasteiger partial charge in [0.15, 0.2) is 17.6 Å². The second-order valence-corrected chi connectivity index (χ2v) is 5.07. The molecule has 1 amide bonds. The number of amides is 1. The molecule has 0 unspecified atom stereocenters. The molecule has 2 aromatic rings. The molecular weight excluding hydrogens is 330 g/mol. The van der Waals surface area contributed by atoms with Crippen LogP contribution in [0, 0.1) is 10.1 Å². The number of rotatable bonds is 5. The smallest absolute Gasteiger partial charge is 0.282 e. The van der Waals surface area contributed by atoms with Crippen molar-refractivity contribution in [1.29, 1.82) is 0 Å². The van der Waals surface area contributed by atoms with Crippen LogP contribution in [-0.2, 0) is 4.79 Å². The maximum absolute atomic E-state index is 11.9. The number of aliphatic hydroxyl groups is 1. The number of hydrogen-bond acceptors (Lipinski definition) is 7. The van der Waals surface area contributed by atoms with E-state index < -0.39 is 16.9 Å². The Morgan fingerprint density at radius 3 is 2.64 bits per heavy atom. The fourth-order valence-corrected chi connectivity index (χ4v) is 2.22. The van der Waals surface area contributed by atoms with Gasteiger partial charge in [-0.25, -0.2) is 5.43 Å². The number of hydrogen-bond donors (Lipinski definition) is 2. The number of carbonyl (C=O) groups is 1. The van der Waals surface area contributed by atoms with Crippen LogP contribution in [0.25, 0.3) is 0 Å². The third-order valence-electron chi connectivity index (χ3n) is 3.46. The van der Waals surface area contributed by atoms with Crippen LogP contribution in [0.4, 0.5) is 5.69 Å². The zero-order valence-electron chi connectivity index (χ0n) is 12.8. The molecule has 0 bridgehead atoms. The third-order valence-corrected chi connectivity index (χ3v) is 3.46. The number of fused-ring (bicyclic) bond motifs is 1. The number of nitrogens with zero attached hydrogens (tertiary/aromatic N) is 2. The Kier molecular flexibility index (Phi) is 4.57. The van der Waals surface area contributed by atoms with Crippen LogP contribution < -0.4 is 14.9 Å². The first-order chi connectivity index (χ1) is 12.1. The molecule has 25 heavy (non-hydrogen) atoms. The van der Waals surface area contributed by atoms with Crippen LogP contribution in [0.5, 0.6) is 11.5 Å². The van der Waals surface area contributed by atoms with Gasteiger partial charge in [-0.1, -0.05) is 30.3 Å². The van der Waals surface area contributed by atoms with Crippen molar-refractivity contribution in [1.82, 2.24) is 5.43 Å². The van der Waals surface area contributed by atoms with E-state index in [1.165, 1.54) is 12.1 Å². The fourth-order valence-electron chi connectivity index (χ4n) is 2.22. The monoisotopic (exact) mass is 343 g/mol. The first-order valence-corrected chi connectivity index (χ1v) is 7.20. The lowest BCUT2D eigenvalue weighted by atomic mass is 10.1. The van der Waals surface area contributed by atoms with Crippen molar-refractivity contribution in [2.75, 3.05) is 6.79 Å². The van der Waals surface area contributed by atoms with Gasteiger partial charge < -0.3 is 14.6 Å². The fraction of sp³-hybridized carbons (Fsp3) is 0.125. The molecule has 3 rings (SSSR count). The summed E-state index contributed by atoms with van der Waals surface area (Å²) in [6.45, 7) is -0.0207. The second-order valence-electron chi connectivity index (χ2n) is 5.07. The summed E-state index contributed by atoms with van der Waals surface area (Å²) in [6, 6.07) is 10.9. The van der Waals surface area contributed by atoms with Crippen LogP contribution >= 0.6 is 0 Å². The number of nitro benzene ring substituents is 1. The second kappa shape index (κ2) is 6.97. The van der Waals surface area contributed by atoms with Gasteiger partial charge in [-0.2, -0.15) is 5.10 Å². The molecule has 1 atom stereocenters. The molecule has 2 aromatic carbocycles.